The number of amides is 2. The van der Waals surface area contributed by atoms with Gasteiger partial charge in [0.1, 0.15) is 5.76 Å². The van der Waals surface area contributed by atoms with Crippen LogP contribution in [0.15, 0.2) is 34.9 Å². The number of benzene rings is 1. The van der Waals surface area contributed by atoms with Crippen molar-refractivity contribution in [1.82, 2.24) is 10.2 Å². The molecule has 2 aliphatic rings. The normalized spacial score (nSPS) is 21.9. The number of likely N-dealkylation sites (tertiary alicyclic amines) is 1. The van der Waals surface area contributed by atoms with Crippen LogP contribution < -0.4 is 10.2 Å². The van der Waals surface area contributed by atoms with Crippen molar-refractivity contribution in [3.63, 3.8) is 0 Å². The lowest BCUT2D eigenvalue weighted by Gasteiger charge is -2.39. The van der Waals surface area contributed by atoms with E-state index >= 15 is 0 Å². The average molecular weight is 412 g/mol. The van der Waals surface area contributed by atoms with Crippen LogP contribution in [0.4, 0.5) is 10.5 Å². The second-order valence-electron chi connectivity index (χ2n) is 8.41. The van der Waals surface area contributed by atoms with Gasteiger partial charge in [0.15, 0.2) is 0 Å². The summed E-state index contributed by atoms with van der Waals surface area (Å²) in [5, 5.41) is 11.9. The third kappa shape index (κ3) is 4.21. The second kappa shape index (κ2) is 8.52. The summed E-state index contributed by atoms with van der Waals surface area (Å²) >= 11 is 0. The van der Waals surface area contributed by atoms with Crippen LogP contribution in [-0.2, 0) is 11.3 Å². The average Bonchev–Trinajstić information content (AvgIpc) is 3.16. The van der Waals surface area contributed by atoms with Crippen molar-refractivity contribution in [2.24, 2.45) is 0 Å². The number of nitrogens with one attached hydrogen (secondary N) is 1. The second-order valence-corrected chi connectivity index (χ2v) is 8.41. The molecule has 0 saturated carbocycles. The molecule has 1 aromatic heterocycles. The Morgan fingerprint density at radius 1 is 1.20 bits per heavy atom. The SMILES string of the molecule is CC(=O)N1c2ccc(-c3cc(CN4CCCCC4)co3)cc2[C@H](NC(=O)O)C[C@@H]1C. The topological polar surface area (TPSA) is 86.0 Å². The van der Waals surface area contributed by atoms with Crippen molar-refractivity contribution in [3.05, 3.63) is 41.7 Å². The summed E-state index contributed by atoms with van der Waals surface area (Å²) in [6.45, 7) is 6.61. The summed E-state index contributed by atoms with van der Waals surface area (Å²) in [5.41, 5.74) is 3.58. The maximum atomic E-state index is 12.2. The first-order chi connectivity index (χ1) is 14.4. The molecule has 0 aliphatic carbocycles. The van der Waals surface area contributed by atoms with E-state index in [0.29, 0.717) is 6.42 Å². The van der Waals surface area contributed by atoms with E-state index in [9.17, 15) is 14.7 Å². The number of hydrogen-bond donors (Lipinski definition) is 2. The molecule has 2 aromatic rings. The maximum absolute atomic E-state index is 12.2. The van der Waals surface area contributed by atoms with Crippen LogP contribution >= 0.6 is 0 Å². The molecule has 1 aromatic carbocycles. The van der Waals surface area contributed by atoms with E-state index in [1.807, 2.05) is 25.1 Å². The third-order valence-corrected chi connectivity index (χ3v) is 6.11. The summed E-state index contributed by atoms with van der Waals surface area (Å²) in [4.78, 5) is 27.7. The standard InChI is InChI=1S/C23H29N3O4/c1-15-10-20(24-23(28)29)19-12-18(6-7-21(19)26(15)16(2)27)22-11-17(14-30-22)13-25-8-4-3-5-9-25/h6-7,11-12,14-15,20,24H,3-5,8-10,13H2,1-2H3,(H,28,29)/t15-,20+/m0/s1. The number of rotatable bonds is 4. The Morgan fingerprint density at radius 3 is 2.67 bits per heavy atom. The molecule has 4 rings (SSSR count). The fourth-order valence-electron chi connectivity index (χ4n) is 4.77. The molecular weight excluding hydrogens is 382 g/mol. The number of carbonyl (C=O) groups excluding carboxylic acids is 1. The van der Waals surface area contributed by atoms with Gasteiger partial charge >= 0.3 is 6.09 Å². The first kappa shape index (κ1) is 20.5. The predicted molar refractivity (Wildman–Crippen MR) is 114 cm³/mol. The van der Waals surface area contributed by atoms with E-state index in [0.717, 1.165) is 47.8 Å². The number of piperidine rings is 1. The van der Waals surface area contributed by atoms with Crippen molar-refractivity contribution >= 4 is 17.7 Å². The minimum absolute atomic E-state index is 0.0490. The van der Waals surface area contributed by atoms with Gasteiger partial charge in [0.05, 0.1) is 12.3 Å². The summed E-state index contributed by atoms with van der Waals surface area (Å²) in [7, 11) is 0. The molecule has 160 valence electrons. The Labute approximate surface area is 176 Å². The lowest BCUT2D eigenvalue weighted by Crippen LogP contribution is -2.45. The summed E-state index contributed by atoms with van der Waals surface area (Å²) in [6.07, 6.45) is 5.07. The van der Waals surface area contributed by atoms with Crippen LogP contribution in [0.2, 0.25) is 0 Å². The first-order valence-corrected chi connectivity index (χ1v) is 10.7. The van der Waals surface area contributed by atoms with Crippen molar-refractivity contribution in [3.8, 4) is 11.3 Å². The number of carboxylic acid groups (broad SMARTS) is 1. The Hall–Kier alpha value is -2.80. The van der Waals surface area contributed by atoms with Crippen molar-refractivity contribution in [2.75, 3.05) is 18.0 Å². The Morgan fingerprint density at radius 2 is 1.97 bits per heavy atom. The van der Waals surface area contributed by atoms with Gasteiger partial charge in [-0.2, -0.15) is 0 Å². The van der Waals surface area contributed by atoms with Gasteiger partial charge in [-0.3, -0.25) is 9.69 Å². The molecule has 0 spiro atoms. The van der Waals surface area contributed by atoms with Gasteiger partial charge in [-0.15, -0.1) is 0 Å². The molecule has 3 heterocycles. The van der Waals surface area contributed by atoms with Crippen LogP contribution in [0.3, 0.4) is 0 Å². The number of nitrogens with zero attached hydrogens (tertiary/aromatic N) is 2. The molecule has 30 heavy (non-hydrogen) atoms. The molecule has 2 amide bonds. The lowest BCUT2D eigenvalue weighted by atomic mass is 9.90. The van der Waals surface area contributed by atoms with Crippen LogP contribution in [0.1, 0.15) is 56.7 Å². The quantitative estimate of drug-likeness (QED) is 0.779. The molecule has 2 aliphatic heterocycles. The fraction of sp³-hybridized carbons (Fsp3) is 0.478. The van der Waals surface area contributed by atoms with E-state index in [1.54, 1.807) is 18.1 Å². The van der Waals surface area contributed by atoms with Crippen molar-refractivity contribution in [2.45, 2.75) is 58.2 Å². The molecule has 1 fully saturated rings. The molecule has 7 nitrogen and oxygen atoms in total. The van der Waals surface area contributed by atoms with E-state index in [4.69, 9.17) is 4.42 Å². The van der Waals surface area contributed by atoms with Gasteiger partial charge < -0.3 is 19.7 Å². The van der Waals surface area contributed by atoms with Gasteiger partial charge in [-0.1, -0.05) is 6.42 Å². The van der Waals surface area contributed by atoms with Gasteiger partial charge in [0, 0.05) is 36.3 Å². The Bertz CT molecular complexity index is 932. The van der Waals surface area contributed by atoms with Gasteiger partial charge in [0.25, 0.3) is 0 Å². The highest BCUT2D eigenvalue weighted by Crippen LogP contribution is 2.40. The number of furan rings is 1. The highest BCUT2D eigenvalue weighted by Gasteiger charge is 2.33. The third-order valence-electron chi connectivity index (χ3n) is 6.11. The fourth-order valence-corrected chi connectivity index (χ4v) is 4.77. The predicted octanol–water partition coefficient (Wildman–Crippen LogP) is 4.39. The molecule has 2 atom stereocenters. The highest BCUT2D eigenvalue weighted by molar-refractivity contribution is 5.94. The number of hydrogen-bond acceptors (Lipinski definition) is 4. The molecule has 1 saturated heterocycles. The molecule has 0 unspecified atom stereocenters. The maximum Gasteiger partial charge on any atom is 0.405 e. The van der Waals surface area contributed by atoms with Crippen LogP contribution in [0, 0.1) is 0 Å². The van der Waals surface area contributed by atoms with E-state index < -0.39 is 6.09 Å². The van der Waals surface area contributed by atoms with E-state index in [2.05, 4.69) is 16.3 Å². The van der Waals surface area contributed by atoms with Crippen LogP contribution in [0.5, 0.6) is 0 Å². The molecule has 0 bridgehead atoms. The highest BCUT2D eigenvalue weighted by atomic mass is 16.4. The van der Waals surface area contributed by atoms with Crippen LogP contribution in [-0.4, -0.2) is 41.1 Å². The molecule has 7 heteroatoms. The molecule has 2 N–H and O–H groups in total. The summed E-state index contributed by atoms with van der Waals surface area (Å²) in [6, 6.07) is 7.38. The molecule has 0 radical (unpaired) electrons. The van der Waals surface area contributed by atoms with Crippen molar-refractivity contribution < 1.29 is 19.1 Å². The van der Waals surface area contributed by atoms with Gasteiger partial charge in [-0.05, 0) is 69.1 Å². The number of fused-ring (bicyclic) bond motifs is 1. The zero-order valence-corrected chi connectivity index (χ0v) is 17.6. The minimum atomic E-state index is -1.07. The van der Waals surface area contributed by atoms with E-state index in [-0.39, 0.29) is 18.0 Å². The monoisotopic (exact) mass is 411 g/mol. The minimum Gasteiger partial charge on any atom is -0.465 e. The van der Waals surface area contributed by atoms with E-state index in [1.165, 1.54) is 19.3 Å². The smallest absolute Gasteiger partial charge is 0.405 e. The summed E-state index contributed by atoms with van der Waals surface area (Å²) < 4.78 is 5.85. The lowest BCUT2D eigenvalue weighted by molar-refractivity contribution is -0.117. The van der Waals surface area contributed by atoms with Crippen molar-refractivity contribution in [1.29, 1.82) is 0 Å². The Balaban J connectivity index is 1.63. The zero-order valence-electron chi connectivity index (χ0n) is 17.6. The largest absolute Gasteiger partial charge is 0.465 e. The summed E-state index contributed by atoms with van der Waals surface area (Å²) in [5.74, 6) is 0.707. The Kier molecular flexibility index (Phi) is 5.81. The van der Waals surface area contributed by atoms with Gasteiger partial charge in [-0.25, -0.2) is 4.79 Å². The number of anilines is 1. The number of carbonyl (C=O) groups is 2. The van der Waals surface area contributed by atoms with Gasteiger partial charge in [0.2, 0.25) is 5.91 Å². The first-order valence-electron chi connectivity index (χ1n) is 10.7. The van der Waals surface area contributed by atoms with Crippen LogP contribution in [0.25, 0.3) is 11.3 Å². The zero-order chi connectivity index (χ0) is 21.3. The molecular formula is C23H29N3O4.